The topological polar surface area (TPSA) is 82.5 Å². The Morgan fingerprint density at radius 1 is 1.14 bits per heavy atom. The first-order chi connectivity index (χ1) is 13.5. The highest BCUT2D eigenvalue weighted by atomic mass is 35.5. The summed E-state index contributed by atoms with van der Waals surface area (Å²) in [4.78, 5) is 15.2. The lowest BCUT2D eigenvalue weighted by atomic mass is 10.0. The van der Waals surface area contributed by atoms with E-state index in [2.05, 4.69) is 10.3 Å². The molecule has 0 aliphatic heterocycles. The van der Waals surface area contributed by atoms with Gasteiger partial charge in [-0.05, 0) is 48.4 Å². The fraction of sp³-hybridized carbons (Fsp3) is 0.143. The zero-order chi connectivity index (χ0) is 20.1. The molecular formula is C21H18ClFN2O3. The average Bonchev–Trinajstić information content (AvgIpc) is 2.65. The molecule has 0 aliphatic rings. The summed E-state index contributed by atoms with van der Waals surface area (Å²) in [5.41, 5.74) is 1.66. The summed E-state index contributed by atoms with van der Waals surface area (Å²) in [5.74, 6) is -0.876. The highest BCUT2D eigenvalue weighted by Gasteiger charge is 2.14. The summed E-state index contributed by atoms with van der Waals surface area (Å²) < 4.78 is 14.4. The van der Waals surface area contributed by atoms with Gasteiger partial charge < -0.3 is 15.5 Å². The molecule has 0 radical (unpaired) electrons. The Balaban J connectivity index is 2.04. The number of rotatable bonds is 7. The number of hydrogen-bond donors (Lipinski definition) is 3. The number of phenolic OH excluding ortho intramolecular Hbond substituents is 1. The monoisotopic (exact) mass is 400 g/mol. The van der Waals surface area contributed by atoms with Crippen molar-refractivity contribution in [3.05, 3.63) is 65.4 Å². The van der Waals surface area contributed by atoms with E-state index in [4.69, 9.17) is 16.7 Å². The number of hydrogen-bond acceptors (Lipinski definition) is 4. The molecule has 3 aromatic rings. The third kappa shape index (κ3) is 4.58. The molecule has 0 aliphatic carbocycles. The van der Waals surface area contributed by atoms with Crippen LogP contribution in [0.2, 0.25) is 5.02 Å². The van der Waals surface area contributed by atoms with Crippen molar-refractivity contribution in [1.82, 2.24) is 4.98 Å². The van der Waals surface area contributed by atoms with E-state index in [1.54, 1.807) is 42.5 Å². The molecule has 28 heavy (non-hydrogen) atoms. The van der Waals surface area contributed by atoms with Crippen LogP contribution in [0.15, 0.2) is 54.6 Å². The minimum absolute atomic E-state index is 0.0260. The van der Waals surface area contributed by atoms with Crippen molar-refractivity contribution < 1.29 is 19.4 Å². The number of aliphatic carboxylic acids is 1. The number of nitrogens with one attached hydrogen (secondary N) is 1. The Hall–Kier alpha value is -3.12. The second kappa shape index (κ2) is 8.71. The molecule has 0 spiro atoms. The smallest absolute Gasteiger partial charge is 0.303 e. The molecule has 0 unspecified atom stereocenters. The Bertz CT molecular complexity index is 990. The van der Waals surface area contributed by atoms with Gasteiger partial charge in [0.05, 0.1) is 10.7 Å². The van der Waals surface area contributed by atoms with E-state index in [1.807, 2.05) is 0 Å². The summed E-state index contributed by atoms with van der Waals surface area (Å²) in [6.07, 6.45) is 0.436. The minimum atomic E-state index is -0.878. The lowest BCUT2D eigenvalue weighted by molar-refractivity contribution is -0.137. The van der Waals surface area contributed by atoms with Gasteiger partial charge in [0.2, 0.25) is 0 Å². The van der Waals surface area contributed by atoms with E-state index in [-0.39, 0.29) is 22.8 Å². The number of halogens is 2. The molecule has 0 amide bonds. The molecule has 144 valence electrons. The fourth-order valence-corrected chi connectivity index (χ4v) is 3.10. The van der Waals surface area contributed by atoms with Crippen molar-refractivity contribution in [2.24, 2.45) is 0 Å². The highest BCUT2D eigenvalue weighted by molar-refractivity contribution is 6.33. The van der Waals surface area contributed by atoms with Gasteiger partial charge in [0.15, 0.2) is 0 Å². The van der Waals surface area contributed by atoms with Crippen LogP contribution in [0.25, 0.3) is 22.4 Å². The van der Waals surface area contributed by atoms with E-state index >= 15 is 0 Å². The number of phenols is 1. The number of anilines is 1. The number of para-hydroxylation sites is 1. The molecule has 0 fully saturated rings. The molecule has 0 atom stereocenters. The average molecular weight is 401 g/mol. The van der Waals surface area contributed by atoms with Gasteiger partial charge in [-0.25, -0.2) is 9.37 Å². The predicted octanol–water partition coefficient (Wildman–Crippen LogP) is 5.19. The molecule has 1 heterocycles. The van der Waals surface area contributed by atoms with Crippen molar-refractivity contribution in [3.63, 3.8) is 0 Å². The van der Waals surface area contributed by atoms with Crippen LogP contribution >= 0.6 is 11.6 Å². The van der Waals surface area contributed by atoms with Crippen LogP contribution in [0.3, 0.4) is 0 Å². The van der Waals surface area contributed by atoms with Gasteiger partial charge in [0, 0.05) is 24.1 Å². The van der Waals surface area contributed by atoms with Crippen LogP contribution in [-0.4, -0.2) is 27.7 Å². The van der Waals surface area contributed by atoms with Gasteiger partial charge in [-0.2, -0.15) is 0 Å². The number of nitrogens with zero attached hydrogens (tertiary/aromatic N) is 1. The number of benzene rings is 2. The predicted molar refractivity (Wildman–Crippen MR) is 107 cm³/mol. The van der Waals surface area contributed by atoms with Crippen molar-refractivity contribution in [3.8, 4) is 28.1 Å². The zero-order valence-electron chi connectivity index (χ0n) is 14.8. The standard InChI is InChI=1S/C21H18ClFN2O3/c22-15-6-3-7-16(23)21(15)13-11-17(14-5-1-2-8-18(14)26)25-19(12-13)24-10-4-9-20(27)28/h1-3,5-8,11-12,26H,4,9-10H2,(H,24,25)(H,27,28). The molecule has 0 saturated carbocycles. The summed E-state index contributed by atoms with van der Waals surface area (Å²) >= 11 is 6.21. The van der Waals surface area contributed by atoms with Crippen molar-refractivity contribution in [2.45, 2.75) is 12.8 Å². The molecule has 2 aromatic carbocycles. The maximum absolute atomic E-state index is 14.4. The maximum Gasteiger partial charge on any atom is 0.303 e. The quantitative estimate of drug-likeness (QED) is 0.475. The SMILES string of the molecule is O=C(O)CCCNc1cc(-c2c(F)cccc2Cl)cc(-c2ccccc2O)n1. The summed E-state index contributed by atoms with van der Waals surface area (Å²) in [7, 11) is 0. The minimum Gasteiger partial charge on any atom is -0.507 e. The lowest BCUT2D eigenvalue weighted by Gasteiger charge is -2.13. The van der Waals surface area contributed by atoms with Gasteiger partial charge >= 0.3 is 5.97 Å². The first-order valence-electron chi connectivity index (χ1n) is 8.66. The Morgan fingerprint density at radius 2 is 1.93 bits per heavy atom. The number of pyridine rings is 1. The number of carbonyl (C=O) groups is 1. The van der Waals surface area contributed by atoms with Gasteiger partial charge in [-0.15, -0.1) is 0 Å². The van der Waals surface area contributed by atoms with Crippen LogP contribution in [-0.2, 0) is 4.79 Å². The molecule has 0 bridgehead atoms. The Morgan fingerprint density at radius 3 is 2.64 bits per heavy atom. The molecule has 1 aromatic heterocycles. The van der Waals surface area contributed by atoms with Gasteiger partial charge in [0.25, 0.3) is 0 Å². The van der Waals surface area contributed by atoms with Crippen molar-refractivity contribution in [1.29, 1.82) is 0 Å². The highest BCUT2D eigenvalue weighted by Crippen LogP contribution is 2.36. The number of aromatic nitrogens is 1. The third-order valence-corrected chi connectivity index (χ3v) is 4.45. The van der Waals surface area contributed by atoms with E-state index in [0.717, 1.165) is 0 Å². The Labute approximate surface area is 166 Å². The third-order valence-electron chi connectivity index (χ3n) is 4.13. The Kier molecular flexibility index (Phi) is 6.11. The van der Waals surface area contributed by atoms with Crippen LogP contribution in [0.4, 0.5) is 10.2 Å². The van der Waals surface area contributed by atoms with Gasteiger partial charge in [-0.3, -0.25) is 4.79 Å². The molecule has 3 N–H and O–H groups in total. The lowest BCUT2D eigenvalue weighted by Crippen LogP contribution is -2.07. The summed E-state index contributed by atoms with van der Waals surface area (Å²) in [6.45, 7) is 0.383. The second-order valence-corrected chi connectivity index (χ2v) is 6.57. The maximum atomic E-state index is 14.4. The summed E-state index contributed by atoms with van der Waals surface area (Å²) in [6, 6.07) is 14.5. The molecule has 7 heteroatoms. The van der Waals surface area contributed by atoms with Crippen molar-refractivity contribution >= 4 is 23.4 Å². The van der Waals surface area contributed by atoms with Crippen LogP contribution in [0, 0.1) is 5.82 Å². The van der Waals surface area contributed by atoms with E-state index in [1.165, 1.54) is 12.1 Å². The summed E-state index contributed by atoms with van der Waals surface area (Å²) in [5, 5.41) is 22.2. The number of carboxylic acid groups (broad SMARTS) is 1. The molecule has 5 nitrogen and oxygen atoms in total. The van der Waals surface area contributed by atoms with E-state index < -0.39 is 11.8 Å². The van der Waals surface area contributed by atoms with Crippen LogP contribution < -0.4 is 5.32 Å². The molecular weight excluding hydrogens is 383 g/mol. The normalized spacial score (nSPS) is 10.6. The van der Waals surface area contributed by atoms with Crippen LogP contribution in [0.1, 0.15) is 12.8 Å². The second-order valence-electron chi connectivity index (χ2n) is 6.16. The van der Waals surface area contributed by atoms with Crippen molar-refractivity contribution in [2.75, 3.05) is 11.9 Å². The van der Waals surface area contributed by atoms with Gasteiger partial charge in [0.1, 0.15) is 17.4 Å². The molecule has 3 rings (SSSR count). The first-order valence-corrected chi connectivity index (χ1v) is 9.04. The first kappa shape index (κ1) is 19.6. The van der Waals surface area contributed by atoms with E-state index in [9.17, 15) is 14.3 Å². The number of aromatic hydroxyl groups is 1. The van der Waals surface area contributed by atoms with Gasteiger partial charge in [-0.1, -0.05) is 29.8 Å². The molecule has 0 saturated heterocycles. The zero-order valence-corrected chi connectivity index (χ0v) is 15.6. The fourth-order valence-electron chi connectivity index (χ4n) is 2.82. The van der Waals surface area contributed by atoms with Crippen LogP contribution in [0.5, 0.6) is 5.75 Å². The number of carboxylic acids is 1. The van der Waals surface area contributed by atoms with E-state index in [0.29, 0.717) is 35.6 Å². The largest absolute Gasteiger partial charge is 0.507 e.